The maximum atomic E-state index is 12.2. The fourth-order valence-corrected chi connectivity index (χ4v) is 3.54. The molecular weight excluding hydrogens is 342 g/mol. The van der Waals surface area contributed by atoms with Gasteiger partial charge in [-0.2, -0.15) is 0 Å². The van der Waals surface area contributed by atoms with Crippen molar-refractivity contribution in [3.8, 4) is 5.75 Å². The van der Waals surface area contributed by atoms with Crippen molar-refractivity contribution in [2.45, 2.75) is 23.1 Å². The first-order chi connectivity index (χ1) is 12.1. The molecular formula is C18H19NO5S. The van der Waals surface area contributed by atoms with E-state index in [1.54, 1.807) is 38.3 Å². The van der Waals surface area contributed by atoms with Crippen molar-refractivity contribution in [2.24, 2.45) is 0 Å². The van der Waals surface area contributed by atoms with Crippen molar-refractivity contribution < 1.29 is 19.2 Å². The van der Waals surface area contributed by atoms with Gasteiger partial charge in [-0.25, -0.2) is 4.79 Å². The normalized spacial score (nSPS) is 12.9. The SMILES string of the molecule is CCOC(=O)C(C(Sc1ccccc1)c1ccc(OC)cc1)[N+](=O)[O-]. The Morgan fingerprint density at radius 2 is 1.80 bits per heavy atom. The van der Waals surface area contributed by atoms with Gasteiger partial charge in [-0.3, -0.25) is 10.1 Å². The first-order valence-corrected chi connectivity index (χ1v) is 8.60. The molecule has 2 atom stereocenters. The van der Waals surface area contributed by atoms with Crippen LogP contribution < -0.4 is 4.74 Å². The number of thioether (sulfide) groups is 1. The van der Waals surface area contributed by atoms with Crippen LogP contribution in [-0.4, -0.2) is 30.7 Å². The molecule has 0 aliphatic heterocycles. The van der Waals surface area contributed by atoms with Crippen molar-refractivity contribution in [1.82, 2.24) is 0 Å². The zero-order valence-electron chi connectivity index (χ0n) is 14.0. The molecule has 0 aromatic heterocycles. The second-order valence-electron chi connectivity index (χ2n) is 5.11. The minimum Gasteiger partial charge on any atom is -0.497 e. The summed E-state index contributed by atoms with van der Waals surface area (Å²) in [6.45, 7) is 1.72. The first kappa shape index (κ1) is 18.8. The van der Waals surface area contributed by atoms with Crippen molar-refractivity contribution >= 4 is 17.7 Å². The molecule has 7 heteroatoms. The second-order valence-corrected chi connectivity index (χ2v) is 6.32. The van der Waals surface area contributed by atoms with E-state index < -0.39 is 22.2 Å². The monoisotopic (exact) mass is 361 g/mol. The summed E-state index contributed by atoms with van der Waals surface area (Å²) in [5.74, 6) is -0.197. The summed E-state index contributed by atoms with van der Waals surface area (Å²) in [5, 5.41) is 10.9. The Labute approximate surface area is 150 Å². The number of hydrogen-bond donors (Lipinski definition) is 0. The van der Waals surface area contributed by atoms with Crippen LogP contribution >= 0.6 is 11.8 Å². The Morgan fingerprint density at radius 3 is 2.32 bits per heavy atom. The van der Waals surface area contributed by atoms with E-state index in [4.69, 9.17) is 9.47 Å². The van der Waals surface area contributed by atoms with E-state index in [0.29, 0.717) is 11.3 Å². The smallest absolute Gasteiger partial charge is 0.383 e. The van der Waals surface area contributed by atoms with Crippen LogP contribution in [0.2, 0.25) is 0 Å². The van der Waals surface area contributed by atoms with Gasteiger partial charge in [0.15, 0.2) is 0 Å². The van der Waals surface area contributed by atoms with Crippen LogP contribution in [0.5, 0.6) is 5.75 Å². The summed E-state index contributed by atoms with van der Waals surface area (Å²) >= 11 is 1.26. The van der Waals surface area contributed by atoms with Gasteiger partial charge < -0.3 is 9.47 Å². The number of nitro groups is 1. The van der Waals surface area contributed by atoms with Gasteiger partial charge in [0.25, 0.3) is 0 Å². The first-order valence-electron chi connectivity index (χ1n) is 7.72. The van der Waals surface area contributed by atoms with Gasteiger partial charge in [0.05, 0.1) is 13.7 Å². The van der Waals surface area contributed by atoms with Crippen molar-refractivity contribution in [1.29, 1.82) is 0 Å². The number of esters is 1. The van der Waals surface area contributed by atoms with Crippen molar-refractivity contribution in [3.63, 3.8) is 0 Å². The number of hydrogen-bond acceptors (Lipinski definition) is 6. The topological polar surface area (TPSA) is 78.7 Å². The van der Waals surface area contributed by atoms with E-state index in [9.17, 15) is 14.9 Å². The van der Waals surface area contributed by atoms with Crippen LogP contribution in [0.15, 0.2) is 59.5 Å². The fourth-order valence-electron chi connectivity index (χ4n) is 2.30. The molecule has 2 aromatic carbocycles. The highest BCUT2D eigenvalue weighted by molar-refractivity contribution is 7.99. The number of nitrogens with zero attached hydrogens (tertiary/aromatic N) is 1. The molecule has 25 heavy (non-hydrogen) atoms. The Hall–Kier alpha value is -2.54. The maximum absolute atomic E-state index is 12.2. The Balaban J connectivity index is 2.41. The summed E-state index contributed by atoms with van der Waals surface area (Å²) < 4.78 is 10.1. The number of methoxy groups -OCH3 is 1. The lowest BCUT2D eigenvalue weighted by Gasteiger charge is -2.20. The van der Waals surface area contributed by atoms with Crippen LogP contribution in [0.3, 0.4) is 0 Å². The van der Waals surface area contributed by atoms with Crippen LogP contribution in [0.4, 0.5) is 0 Å². The highest BCUT2D eigenvalue weighted by Gasteiger charge is 2.41. The Morgan fingerprint density at radius 1 is 1.16 bits per heavy atom. The van der Waals surface area contributed by atoms with Crippen LogP contribution in [0.1, 0.15) is 17.7 Å². The minimum atomic E-state index is -1.50. The average molecular weight is 361 g/mol. The molecule has 0 amide bonds. The summed E-state index contributed by atoms with van der Waals surface area (Å²) in [7, 11) is 1.55. The van der Waals surface area contributed by atoms with E-state index in [2.05, 4.69) is 0 Å². The minimum absolute atomic E-state index is 0.0918. The molecule has 2 rings (SSSR count). The van der Waals surface area contributed by atoms with E-state index in [-0.39, 0.29) is 6.61 Å². The Kier molecular flexibility index (Phi) is 6.82. The summed E-state index contributed by atoms with van der Waals surface area (Å²) in [6, 6.07) is 14.7. The third kappa shape index (κ3) is 4.96. The van der Waals surface area contributed by atoms with E-state index in [1.165, 1.54) is 11.8 Å². The lowest BCUT2D eigenvalue weighted by molar-refractivity contribution is -0.510. The molecule has 0 heterocycles. The predicted octanol–water partition coefficient (Wildman–Crippen LogP) is 3.74. The molecule has 2 unspecified atom stereocenters. The number of carbonyl (C=O) groups excluding carboxylic acids is 1. The molecule has 0 saturated heterocycles. The lowest BCUT2D eigenvalue weighted by atomic mass is 10.1. The molecule has 0 saturated carbocycles. The van der Waals surface area contributed by atoms with Gasteiger partial charge in [0.1, 0.15) is 11.0 Å². The van der Waals surface area contributed by atoms with Crippen molar-refractivity contribution in [3.05, 3.63) is 70.3 Å². The largest absolute Gasteiger partial charge is 0.497 e. The zero-order chi connectivity index (χ0) is 18.2. The summed E-state index contributed by atoms with van der Waals surface area (Å²) in [6.07, 6.45) is 0. The number of carbonyl (C=O) groups is 1. The number of benzene rings is 2. The van der Waals surface area contributed by atoms with E-state index in [1.807, 2.05) is 30.3 Å². The van der Waals surface area contributed by atoms with E-state index in [0.717, 1.165) is 4.90 Å². The van der Waals surface area contributed by atoms with E-state index >= 15 is 0 Å². The van der Waals surface area contributed by atoms with Gasteiger partial charge in [0.2, 0.25) is 0 Å². The van der Waals surface area contributed by atoms with Gasteiger partial charge in [-0.1, -0.05) is 30.3 Å². The van der Waals surface area contributed by atoms with Crippen LogP contribution in [0.25, 0.3) is 0 Å². The molecule has 0 radical (unpaired) electrons. The Bertz CT molecular complexity index is 705. The van der Waals surface area contributed by atoms with Gasteiger partial charge >= 0.3 is 12.0 Å². The molecule has 0 aliphatic rings. The molecule has 2 aromatic rings. The van der Waals surface area contributed by atoms with Crippen LogP contribution in [0, 0.1) is 10.1 Å². The quantitative estimate of drug-likeness (QED) is 0.308. The molecule has 0 bridgehead atoms. The van der Waals surface area contributed by atoms with Gasteiger partial charge in [-0.15, -0.1) is 11.8 Å². The third-order valence-corrected chi connectivity index (χ3v) is 4.82. The van der Waals surface area contributed by atoms with Crippen LogP contribution in [-0.2, 0) is 9.53 Å². The molecule has 0 aliphatic carbocycles. The summed E-state index contributed by atoms with van der Waals surface area (Å²) in [4.78, 5) is 24.1. The second kappa shape index (κ2) is 9.08. The molecule has 132 valence electrons. The van der Waals surface area contributed by atoms with Crippen molar-refractivity contribution in [2.75, 3.05) is 13.7 Å². The molecule has 0 fully saturated rings. The summed E-state index contributed by atoms with van der Waals surface area (Å²) in [5.41, 5.74) is 0.657. The zero-order valence-corrected chi connectivity index (χ0v) is 14.8. The molecule has 6 nitrogen and oxygen atoms in total. The molecule has 0 spiro atoms. The third-order valence-electron chi connectivity index (χ3n) is 3.49. The maximum Gasteiger partial charge on any atom is 0.383 e. The predicted molar refractivity (Wildman–Crippen MR) is 95.4 cm³/mol. The molecule has 0 N–H and O–H groups in total. The fraction of sp³-hybridized carbons (Fsp3) is 0.278. The number of ether oxygens (including phenoxy) is 2. The van der Waals surface area contributed by atoms with Gasteiger partial charge in [0, 0.05) is 9.82 Å². The average Bonchev–Trinajstić information content (AvgIpc) is 2.62. The highest BCUT2D eigenvalue weighted by atomic mass is 32.2. The standard InChI is InChI=1S/C18H19NO5S/c1-3-24-18(20)16(19(21)22)17(25-15-7-5-4-6-8-15)13-9-11-14(23-2)12-10-13/h4-12,16-17H,3H2,1-2H3. The lowest BCUT2D eigenvalue weighted by Crippen LogP contribution is -2.36. The number of rotatable bonds is 8. The van der Waals surface area contributed by atoms with Gasteiger partial charge in [-0.05, 0) is 36.8 Å². The highest BCUT2D eigenvalue weighted by Crippen LogP contribution is 2.39.